The molecule has 53 valence electrons. The molecule has 0 spiro atoms. The van der Waals surface area contributed by atoms with Crippen LogP contribution in [0.15, 0.2) is 0 Å². The van der Waals surface area contributed by atoms with Crippen molar-refractivity contribution >= 4 is 6.09 Å². The van der Waals surface area contributed by atoms with Crippen molar-refractivity contribution < 1.29 is 9.53 Å². The second-order valence-corrected chi connectivity index (χ2v) is 1.77. The lowest BCUT2D eigenvalue weighted by Gasteiger charge is -2.06. The van der Waals surface area contributed by atoms with Gasteiger partial charge in [0.25, 0.3) is 0 Å². The number of rotatable bonds is 2. The summed E-state index contributed by atoms with van der Waals surface area (Å²) in [5.41, 5.74) is 0. The zero-order chi connectivity index (χ0) is 7.28. The monoisotopic (exact) mass is 130 g/mol. The van der Waals surface area contributed by atoms with Gasteiger partial charge in [-0.15, -0.1) is 0 Å². The third-order valence-corrected chi connectivity index (χ3v) is 0.640. The Balaban J connectivity index is 3.27. The molecule has 0 heterocycles. The summed E-state index contributed by atoms with van der Waals surface area (Å²) in [4.78, 5) is 10.5. The molecule has 0 aromatic rings. The molecule has 1 unspecified atom stereocenters. The summed E-state index contributed by atoms with van der Waals surface area (Å²) in [6.45, 7) is 7.48. The highest BCUT2D eigenvalue weighted by atomic mass is 16.5. The van der Waals surface area contributed by atoms with Crippen LogP contribution in [0.25, 0.3) is 0 Å². The molecule has 0 fully saturated rings. The SMILES string of the molecule is [CH2]C(C)NC(=O)OCC. The van der Waals surface area contributed by atoms with E-state index in [0.717, 1.165) is 0 Å². The molecular formula is C6H12NO2. The second-order valence-electron chi connectivity index (χ2n) is 1.77. The first-order chi connectivity index (χ1) is 4.16. The fourth-order valence-corrected chi connectivity index (χ4v) is 0.374. The van der Waals surface area contributed by atoms with E-state index in [0.29, 0.717) is 6.61 Å². The fraction of sp³-hybridized carbons (Fsp3) is 0.667. The van der Waals surface area contributed by atoms with Crippen LogP contribution in [0.3, 0.4) is 0 Å². The molecule has 1 N–H and O–H groups in total. The van der Waals surface area contributed by atoms with Crippen LogP contribution < -0.4 is 5.32 Å². The van der Waals surface area contributed by atoms with Crippen LogP contribution in [0.4, 0.5) is 4.79 Å². The van der Waals surface area contributed by atoms with E-state index in [1.807, 2.05) is 0 Å². The lowest BCUT2D eigenvalue weighted by atomic mass is 10.4. The van der Waals surface area contributed by atoms with Gasteiger partial charge in [-0.2, -0.15) is 0 Å². The molecular weight excluding hydrogens is 118 g/mol. The zero-order valence-electron chi connectivity index (χ0n) is 5.81. The maximum Gasteiger partial charge on any atom is 0.407 e. The van der Waals surface area contributed by atoms with E-state index in [2.05, 4.69) is 17.0 Å². The molecule has 1 amide bonds. The molecule has 0 rings (SSSR count). The largest absolute Gasteiger partial charge is 0.450 e. The Morgan fingerprint density at radius 2 is 2.44 bits per heavy atom. The van der Waals surface area contributed by atoms with Crippen molar-refractivity contribution in [3.63, 3.8) is 0 Å². The smallest absolute Gasteiger partial charge is 0.407 e. The van der Waals surface area contributed by atoms with Crippen LogP contribution in [0.5, 0.6) is 0 Å². The van der Waals surface area contributed by atoms with Crippen molar-refractivity contribution in [3.8, 4) is 0 Å². The van der Waals surface area contributed by atoms with E-state index in [-0.39, 0.29) is 6.04 Å². The summed E-state index contributed by atoms with van der Waals surface area (Å²) in [6, 6.07) is -0.0935. The normalized spacial score (nSPS) is 9.33. The third-order valence-electron chi connectivity index (χ3n) is 0.640. The first-order valence-corrected chi connectivity index (χ1v) is 2.93. The van der Waals surface area contributed by atoms with E-state index in [4.69, 9.17) is 0 Å². The van der Waals surface area contributed by atoms with Crippen molar-refractivity contribution in [1.82, 2.24) is 5.32 Å². The Bertz CT molecular complexity index is 91.1. The minimum absolute atomic E-state index is 0.0935. The van der Waals surface area contributed by atoms with Gasteiger partial charge < -0.3 is 10.1 Å². The van der Waals surface area contributed by atoms with E-state index in [9.17, 15) is 4.79 Å². The molecule has 1 atom stereocenters. The van der Waals surface area contributed by atoms with Gasteiger partial charge in [-0.3, -0.25) is 0 Å². The predicted octanol–water partition coefficient (Wildman–Crippen LogP) is 0.955. The standard InChI is InChI=1S/C6H12NO2/c1-4-9-6(8)7-5(2)3/h5H,2,4H2,1,3H3,(H,7,8). The number of ether oxygens (including phenoxy) is 1. The van der Waals surface area contributed by atoms with Gasteiger partial charge in [0.05, 0.1) is 6.61 Å². The number of nitrogens with one attached hydrogen (secondary N) is 1. The summed E-state index contributed by atoms with van der Waals surface area (Å²) in [7, 11) is 0. The quantitative estimate of drug-likeness (QED) is 0.604. The van der Waals surface area contributed by atoms with Crippen LogP contribution in [0.2, 0.25) is 0 Å². The highest BCUT2D eigenvalue weighted by Gasteiger charge is 1.99. The maximum atomic E-state index is 10.5. The van der Waals surface area contributed by atoms with Crippen LogP contribution in [-0.4, -0.2) is 18.7 Å². The first kappa shape index (κ1) is 8.27. The lowest BCUT2D eigenvalue weighted by molar-refractivity contribution is 0.150. The first-order valence-electron chi connectivity index (χ1n) is 2.93. The molecule has 0 aliphatic rings. The Morgan fingerprint density at radius 1 is 1.89 bits per heavy atom. The summed E-state index contributed by atoms with van der Waals surface area (Å²) >= 11 is 0. The van der Waals surface area contributed by atoms with E-state index < -0.39 is 6.09 Å². The summed E-state index contributed by atoms with van der Waals surface area (Å²) in [5, 5.41) is 2.47. The zero-order valence-corrected chi connectivity index (χ0v) is 5.81. The Labute approximate surface area is 55.4 Å². The number of hydrogen-bond acceptors (Lipinski definition) is 2. The molecule has 0 saturated heterocycles. The van der Waals surface area contributed by atoms with E-state index in [1.165, 1.54) is 0 Å². The molecule has 0 aliphatic carbocycles. The van der Waals surface area contributed by atoms with Gasteiger partial charge in [0.15, 0.2) is 0 Å². The van der Waals surface area contributed by atoms with Crippen LogP contribution in [0, 0.1) is 6.92 Å². The highest BCUT2D eigenvalue weighted by Crippen LogP contribution is 1.79. The Hall–Kier alpha value is -0.730. The molecule has 3 heteroatoms. The van der Waals surface area contributed by atoms with Crippen LogP contribution >= 0.6 is 0 Å². The van der Waals surface area contributed by atoms with Gasteiger partial charge in [-0.25, -0.2) is 4.79 Å². The predicted molar refractivity (Wildman–Crippen MR) is 35.0 cm³/mol. The number of carbonyl (C=O) groups excluding carboxylic acids is 1. The summed E-state index contributed by atoms with van der Waals surface area (Å²) < 4.78 is 4.56. The molecule has 0 aromatic heterocycles. The van der Waals surface area contributed by atoms with Crippen LogP contribution in [0.1, 0.15) is 13.8 Å². The van der Waals surface area contributed by atoms with Crippen molar-refractivity contribution in [2.24, 2.45) is 0 Å². The van der Waals surface area contributed by atoms with Crippen molar-refractivity contribution in [1.29, 1.82) is 0 Å². The van der Waals surface area contributed by atoms with Crippen LogP contribution in [-0.2, 0) is 4.74 Å². The highest BCUT2D eigenvalue weighted by molar-refractivity contribution is 5.67. The Kier molecular flexibility index (Phi) is 3.84. The number of carbonyl (C=O) groups is 1. The number of alkyl carbamates (subject to hydrolysis) is 1. The third kappa shape index (κ3) is 5.14. The van der Waals surface area contributed by atoms with E-state index in [1.54, 1.807) is 13.8 Å². The molecule has 9 heavy (non-hydrogen) atoms. The minimum Gasteiger partial charge on any atom is -0.450 e. The Morgan fingerprint density at radius 3 is 2.78 bits per heavy atom. The molecule has 0 aliphatic heterocycles. The van der Waals surface area contributed by atoms with Crippen molar-refractivity contribution in [2.45, 2.75) is 19.9 Å². The van der Waals surface area contributed by atoms with E-state index >= 15 is 0 Å². The van der Waals surface area contributed by atoms with Gasteiger partial charge in [-0.05, 0) is 20.8 Å². The molecule has 3 nitrogen and oxygen atoms in total. The molecule has 0 saturated carbocycles. The van der Waals surface area contributed by atoms with Crippen molar-refractivity contribution in [3.05, 3.63) is 6.92 Å². The van der Waals surface area contributed by atoms with Gasteiger partial charge in [0, 0.05) is 6.04 Å². The lowest BCUT2D eigenvalue weighted by Crippen LogP contribution is -2.30. The minimum atomic E-state index is -0.403. The van der Waals surface area contributed by atoms with Gasteiger partial charge in [0.1, 0.15) is 0 Å². The van der Waals surface area contributed by atoms with Gasteiger partial charge in [0.2, 0.25) is 0 Å². The van der Waals surface area contributed by atoms with Gasteiger partial charge in [-0.1, -0.05) is 0 Å². The maximum absolute atomic E-state index is 10.5. The molecule has 0 aromatic carbocycles. The summed E-state index contributed by atoms with van der Waals surface area (Å²) in [6.07, 6.45) is -0.403. The van der Waals surface area contributed by atoms with Crippen molar-refractivity contribution in [2.75, 3.05) is 6.61 Å². The average Bonchev–Trinajstić information content (AvgIpc) is 1.63. The molecule has 1 radical (unpaired) electrons. The average molecular weight is 130 g/mol. The van der Waals surface area contributed by atoms with Gasteiger partial charge >= 0.3 is 6.09 Å². The second kappa shape index (κ2) is 4.18. The topological polar surface area (TPSA) is 38.3 Å². The number of hydrogen-bond donors (Lipinski definition) is 1. The summed E-state index contributed by atoms with van der Waals surface area (Å²) in [5.74, 6) is 0. The number of amides is 1. The fourth-order valence-electron chi connectivity index (χ4n) is 0.374. The molecule has 0 bridgehead atoms.